The van der Waals surface area contributed by atoms with Crippen molar-refractivity contribution in [3.05, 3.63) is 71.6 Å². The Labute approximate surface area is 202 Å². The van der Waals surface area contributed by atoms with Gasteiger partial charge in [0.25, 0.3) is 0 Å². The highest BCUT2D eigenvalue weighted by Crippen LogP contribution is 2.34. The molecule has 5 heteroatoms. The Morgan fingerprint density at radius 1 is 1.09 bits per heavy atom. The second-order valence-electron chi connectivity index (χ2n) is 9.50. The molecule has 1 aromatic heterocycles. The van der Waals surface area contributed by atoms with Crippen LogP contribution in [0.4, 0.5) is 11.4 Å². The summed E-state index contributed by atoms with van der Waals surface area (Å²) in [5, 5.41) is 16.6. The molecule has 0 spiro atoms. The van der Waals surface area contributed by atoms with Crippen molar-refractivity contribution in [2.75, 3.05) is 10.6 Å². The minimum Gasteiger partial charge on any atom is -0.359 e. The van der Waals surface area contributed by atoms with Crippen LogP contribution in [0.3, 0.4) is 0 Å². The molecule has 2 aromatic carbocycles. The zero-order chi connectivity index (χ0) is 24.1. The van der Waals surface area contributed by atoms with Crippen molar-refractivity contribution in [1.82, 2.24) is 4.57 Å². The fourth-order valence-electron chi connectivity index (χ4n) is 5.10. The van der Waals surface area contributed by atoms with Crippen LogP contribution in [0.25, 0.3) is 10.9 Å². The van der Waals surface area contributed by atoms with E-state index in [0.29, 0.717) is 18.4 Å². The van der Waals surface area contributed by atoms with E-state index < -0.39 is 0 Å². The maximum Gasteiger partial charge on any atom is 0.224 e. The summed E-state index contributed by atoms with van der Waals surface area (Å²) in [6.07, 6.45) is 7.04. The van der Waals surface area contributed by atoms with E-state index in [1.807, 2.05) is 18.2 Å². The number of allylic oxidation sites excluding steroid dienone is 1. The molecule has 1 aliphatic carbocycles. The molecule has 176 valence electrons. The van der Waals surface area contributed by atoms with Crippen molar-refractivity contribution in [2.45, 2.75) is 65.3 Å². The lowest BCUT2D eigenvalue weighted by Crippen LogP contribution is -2.16. The summed E-state index contributed by atoms with van der Waals surface area (Å²) >= 11 is 0. The Hall–Kier alpha value is -3.52. The third-order valence-corrected chi connectivity index (χ3v) is 6.57. The lowest BCUT2D eigenvalue weighted by atomic mass is 9.95. The number of anilines is 2. The zero-order valence-corrected chi connectivity index (χ0v) is 20.3. The van der Waals surface area contributed by atoms with Gasteiger partial charge in [0, 0.05) is 46.6 Å². The van der Waals surface area contributed by atoms with Gasteiger partial charge in [-0.15, -0.1) is 0 Å². The molecule has 4 rings (SSSR count). The topological polar surface area (TPSA) is 69.8 Å². The lowest BCUT2D eigenvalue weighted by molar-refractivity contribution is -0.116. The average molecular weight is 455 g/mol. The third-order valence-electron chi connectivity index (χ3n) is 6.57. The molecule has 3 aromatic rings. The van der Waals surface area contributed by atoms with Crippen molar-refractivity contribution >= 4 is 28.2 Å². The summed E-state index contributed by atoms with van der Waals surface area (Å²) in [6.45, 7) is 9.45. The predicted molar refractivity (Wildman–Crippen MR) is 140 cm³/mol. The molecule has 1 unspecified atom stereocenters. The molecule has 2 N–H and O–H groups in total. The van der Waals surface area contributed by atoms with Gasteiger partial charge in [0.15, 0.2) is 0 Å². The highest BCUT2D eigenvalue weighted by Gasteiger charge is 2.20. The third kappa shape index (κ3) is 5.34. The van der Waals surface area contributed by atoms with Crippen molar-refractivity contribution in [3.63, 3.8) is 0 Å². The number of benzene rings is 2. The highest BCUT2D eigenvalue weighted by molar-refractivity contribution is 5.95. The summed E-state index contributed by atoms with van der Waals surface area (Å²) < 4.78 is 2.49. The normalized spacial score (nSPS) is 13.7. The maximum absolute atomic E-state index is 12.8. The van der Waals surface area contributed by atoms with Gasteiger partial charge in [-0.05, 0) is 92.5 Å². The number of carbonyl (C=O) groups excluding carboxylic acids is 1. The molecule has 0 fully saturated rings. The van der Waals surface area contributed by atoms with Gasteiger partial charge in [-0.2, -0.15) is 5.26 Å². The van der Waals surface area contributed by atoms with E-state index in [1.165, 1.54) is 35.0 Å². The summed E-state index contributed by atoms with van der Waals surface area (Å²) in [7, 11) is 0. The van der Waals surface area contributed by atoms with E-state index in [9.17, 15) is 4.79 Å². The van der Waals surface area contributed by atoms with Gasteiger partial charge in [0.2, 0.25) is 5.91 Å². The van der Waals surface area contributed by atoms with Gasteiger partial charge < -0.3 is 15.2 Å². The Balaban J connectivity index is 1.37. The first-order valence-electron chi connectivity index (χ1n) is 12.4. The minimum atomic E-state index is 0.0277. The van der Waals surface area contributed by atoms with E-state index in [2.05, 4.69) is 53.8 Å². The first-order chi connectivity index (χ1) is 16.5. The number of nitrogens with one attached hydrogen (secondary N) is 2. The molecule has 1 heterocycles. The van der Waals surface area contributed by atoms with Gasteiger partial charge in [0.05, 0.1) is 11.6 Å². The molecular weight excluding hydrogens is 420 g/mol. The number of hydrogen-bond donors (Lipinski definition) is 2. The number of amides is 1. The Morgan fingerprint density at radius 2 is 1.82 bits per heavy atom. The van der Waals surface area contributed by atoms with Crippen molar-refractivity contribution in [2.24, 2.45) is 5.92 Å². The maximum atomic E-state index is 12.8. The Kier molecular flexibility index (Phi) is 7.37. The summed E-state index contributed by atoms with van der Waals surface area (Å²) in [6, 6.07) is 15.8. The van der Waals surface area contributed by atoms with E-state index in [1.54, 1.807) is 12.1 Å². The van der Waals surface area contributed by atoms with Gasteiger partial charge in [-0.3, -0.25) is 4.79 Å². The van der Waals surface area contributed by atoms with E-state index in [0.717, 1.165) is 42.9 Å². The number of fused-ring (bicyclic) bond motifs is 3. The van der Waals surface area contributed by atoms with Crippen molar-refractivity contribution < 1.29 is 4.79 Å². The zero-order valence-electron chi connectivity index (χ0n) is 20.3. The second-order valence-corrected chi connectivity index (χ2v) is 9.50. The fraction of sp³-hybridized carbons (Fsp3) is 0.379. The van der Waals surface area contributed by atoms with Crippen LogP contribution >= 0.6 is 0 Å². The molecule has 34 heavy (non-hydrogen) atoms. The number of rotatable bonds is 9. The van der Waals surface area contributed by atoms with Gasteiger partial charge in [0.1, 0.15) is 0 Å². The van der Waals surface area contributed by atoms with Crippen LogP contribution in [0.1, 0.15) is 62.8 Å². The lowest BCUT2D eigenvalue weighted by Gasteiger charge is -2.15. The minimum absolute atomic E-state index is 0.0277. The average Bonchev–Trinajstić information content (AvgIpc) is 3.12. The highest BCUT2D eigenvalue weighted by atomic mass is 16.1. The smallest absolute Gasteiger partial charge is 0.224 e. The largest absolute Gasteiger partial charge is 0.359 e. The van der Waals surface area contributed by atoms with E-state index in [-0.39, 0.29) is 11.8 Å². The number of carbonyl (C=O) groups is 1. The standard InChI is InChI=1S/C29H34N4O/c1-4-15-33-27-8-6-5-7-25(27)26-18-24(13-14-28(26)33)32-29(34)17-20(2)16-21(3)31-23-11-9-22(19-30)10-12-23/h9-14,18,20,31H,3-8,15-17H2,1-2H3,(H,32,34). The molecule has 0 saturated heterocycles. The molecule has 0 bridgehead atoms. The van der Waals surface area contributed by atoms with E-state index >= 15 is 0 Å². The first-order valence-corrected chi connectivity index (χ1v) is 12.4. The molecule has 0 aliphatic heterocycles. The van der Waals surface area contributed by atoms with Gasteiger partial charge in [-0.25, -0.2) is 0 Å². The van der Waals surface area contributed by atoms with Gasteiger partial charge in [-0.1, -0.05) is 20.4 Å². The first kappa shape index (κ1) is 23.6. The Bertz CT molecular complexity index is 1230. The van der Waals surface area contributed by atoms with E-state index in [4.69, 9.17) is 5.26 Å². The number of nitrogens with zero attached hydrogens (tertiary/aromatic N) is 2. The molecule has 0 saturated carbocycles. The van der Waals surface area contributed by atoms with Crippen molar-refractivity contribution in [1.29, 1.82) is 5.26 Å². The number of hydrogen-bond acceptors (Lipinski definition) is 3. The molecule has 1 atom stereocenters. The fourth-order valence-corrected chi connectivity index (χ4v) is 5.10. The monoisotopic (exact) mass is 454 g/mol. The molecule has 1 aliphatic rings. The second kappa shape index (κ2) is 10.6. The van der Waals surface area contributed by atoms with Crippen LogP contribution in [0.15, 0.2) is 54.7 Å². The summed E-state index contributed by atoms with van der Waals surface area (Å²) in [5.74, 6) is 0.181. The number of aryl methyl sites for hydroxylation is 2. The predicted octanol–water partition coefficient (Wildman–Crippen LogP) is 6.78. The van der Waals surface area contributed by atoms with Crippen LogP contribution in [0.5, 0.6) is 0 Å². The van der Waals surface area contributed by atoms with Crippen LogP contribution in [-0.2, 0) is 24.2 Å². The number of nitriles is 1. The Morgan fingerprint density at radius 3 is 2.56 bits per heavy atom. The van der Waals surface area contributed by atoms with Crippen LogP contribution in [0.2, 0.25) is 0 Å². The van der Waals surface area contributed by atoms with Crippen LogP contribution < -0.4 is 10.6 Å². The molecular formula is C29H34N4O. The summed E-state index contributed by atoms with van der Waals surface area (Å²) in [5.41, 5.74) is 7.52. The van der Waals surface area contributed by atoms with Crippen LogP contribution in [-0.4, -0.2) is 10.5 Å². The molecule has 5 nitrogen and oxygen atoms in total. The van der Waals surface area contributed by atoms with Crippen molar-refractivity contribution in [3.8, 4) is 6.07 Å². The summed E-state index contributed by atoms with van der Waals surface area (Å²) in [4.78, 5) is 12.8. The number of aromatic nitrogens is 1. The van der Waals surface area contributed by atoms with Gasteiger partial charge >= 0.3 is 0 Å². The van der Waals surface area contributed by atoms with Crippen LogP contribution in [0, 0.1) is 17.2 Å². The SMILES string of the molecule is C=C(CC(C)CC(=O)Nc1ccc2c(c1)c1c(n2CCC)CCCC1)Nc1ccc(C#N)cc1. The molecule has 0 radical (unpaired) electrons. The quantitative estimate of drug-likeness (QED) is 0.374. The molecule has 1 amide bonds.